The third kappa shape index (κ3) is 8.01. The number of amides is 3. The van der Waals surface area contributed by atoms with Gasteiger partial charge in [-0.25, -0.2) is 22.9 Å². The summed E-state index contributed by atoms with van der Waals surface area (Å²) in [5.74, 6) is 0.335. The molecular weight excluding hydrogens is 562 g/mol. The third-order valence-electron chi connectivity index (χ3n) is 7.38. The Hall–Kier alpha value is -4.18. The van der Waals surface area contributed by atoms with Gasteiger partial charge in [-0.15, -0.1) is 0 Å². The third-order valence-corrected chi connectivity index (χ3v) is 7.93. The van der Waals surface area contributed by atoms with E-state index in [9.17, 15) is 18.0 Å². The molecule has 0 radical (unpaired) electrons. The molecule has 43 heavy (non-hydrogen) atoms. The highest BCUT2D eigenvalue weighted by Crippen LogP contribution is 2.28. The van der Waals surface area contributed by atoms with Gasteiger partial charge in [-0.1, -0.05) is 75.6 Å². The highest BCUT2D eigenvalue weighted by molar-refractivity contribution is 7.89. The number of imidazole rings is 1. The van der Waals surface area contributed by atoms with Crippen LogP contribution in [0.5, 0.6) is 0 Å². The zero-order valence-corrected chi connectivity index (χ0v) is 26.2. The number of nitrogens with zero attached hydrogens (tertiary/aromatic N) is 3. The van der Waals surface area contributed by atoms with Gasteiger partial charge in [0.1, 0.15) is 5.82 Å². The van der Waals surface area contributed by atoms with Crippen molar-refractivity contribution in [3.05, 3.63) is 83.7 Å². The molecule has 0 unspecified atom stereocenters. The lowest BCUT2D eigenvalue weighted by atomic mass is 9.98. The van der Waals surface area contributed by atoms with E-state index in [4.69, 9.17) is 4.98 Å². The number of benzene rings is 3. The maximum absolute atomic E-state index is 12.8. The number of carbonyl (C=O) groups is 2. The van der Waals surface area contributed by atoms with Crippen LogP contribution in [-0.4, -0.2) is 49.8 Å². The lowest BCUT2D eigenvalue weighted by Gasteiger charge is -2.22. The number of rotatable bonds is 13. The van der Waals surface area contributed by atoms with Gasteiger partial charge in [-0.05, 0) is 53.8 Å². The smallest absolute Gasteiger partial charge is 0.321 e. The monoisotopic (exact) mass is 603 g/mol. The van der Waals surface area contributed by atoms with E-state index in [1.807, 2.05) is 42.5 Å². The predicted octanol–water partition coefficient (Wildman–Crippen LogP) is 6.12. The molecule has 9 nitrogen and oxygen atoms in total. The molecule has 1 aromatic heterocycles. The summed E-state index contributed by atoms with van der Waals surface area (Å²) in [6.45, 7) is 5.54. The number of hydrogen-bond donors (Lipinski definition) is 2. The quantitative estimate of drug-likeness (QED) is 0.179. The van der Waals surface area contributed by atoms with E-state index in [0.717, 1.165) is 78.5 Å². The number of nitrogens with one attached hydrogen (secondary N) is 2. The van der Waals surface area contributed by atoms with E-state index >= 15 is 0 Å². The van der Waals surface area contributed by atoms with Crippen LogP contribution in [0.1, 0.15) is 67.7 Å². The Kier molecular flexibility index (Phi) is 10.6. The van der Waals surface area contributed by atoms with Crippen LogP contribution in [0.25, 0.3) is 22.2 Å². The number of aryl methyl sites for hydroxylation is 1. The summed E-state index contributed by atoms with van der Waals surface area (Å²) in [5.41, 5.74) is 5.49. The minimum Gasteiger partial charge on any atom is -0.341 e. The van der Waals surface area contributed by atoms with Gasteiger partial charge >= 0.3 is 6.03 Å². The van der Waals surface area contributed by atoms with Crippen molar-refractivity contribution in [1.82, 2.24) is 19.6 Å². The first-order chi connectivity index (χ1) is 20.6. The highest BCUT2D eigenvalue weighted by atomic mass is 32.2. The van der Waals surface area contributed by atoms with Crippen molar-refractivity contribution >= 4 is 38.7 Å². The minimum atomic E-state index is -3.69. The summed E-state index contributed by atoms with van der Waals surface area (Å²) in [6.07, 6.45) is 6.93. The van der Waals surface area contributed by atoms with Gasteiger partial charge in [0.05, 0.1) is 17.3 Å². The Balaban J connectivity index is 1.68. The van der Waals surface area contributed by atoms with E-state index in [1.165, 1.54) is 0 Å². The van der Waals surface area contributed by atoms with Crippen LogP contribution >= 0.6 is 0 Å². The number of urea groups is 1. The molecule has 1 heterocycles. The minimum absolute atomic E-state index is 0.131. The maximum Gasteiger partial charge on any atom is 0.321 e. The van der Waals surface area contributed by atoms with Crippen LogP contribution in [0, 0.1) is 0 Å². The fraction of sp³-hybridized carbons (Fsp3) is 0.364. The number of sulfonamides is 1. The summed E-state index contributed by atoms with van der Waals surface area (Å²) in [4.78, 5) is 32.2. The fourth-order valence-corrected chi connectivity index (χ4v) is 5.61. The van der Waals surface area contributed by atoms with Crippen molar-refractivity contribution in [2.24, 2.45) is 0 Å². The van der Waals surface area contributed by atoms with Gasteiger partial charge in [0.15, 0.2) is 0 Å². The molecule has 3 amide bonds. The standard InChI is InChI=1S/C33H41N5O4S/c1-5-7-11-21-37(33(40)34-3)26-19-20-29-30(22-26)38(31(35-29)14-8-6-2)23-24-15-17-25(18-16-24)27-12-9-10-13-28(27)32(39)36-43(4,41)42/h9-10,12-13,15-20,22H,5-8,11,14,21,23H2,1-4H3,(H,34,40)(H,36,39). The lowest BCUT2D eigenvalue weighted by molar-refractivity contribution is 0.0982. The van der Waals surface area contributed by atoms with Crippen LogP contribution in [0.3, 0.4) is 0 Å². The Morgan fingerprint density at radius 3 is 2.33 bits per heavy atom. The van der Waals surface area contributed by atoms with Crippen LogP contribution in [0.15, 0.2) is 66.7 Å². The van der Waals surface area contributed by atoms with Crippen molar-refractivity contribution in [1.29, 1.82) is 0 Å². The second-order valence-corrected chi connectivity index (χ2v) is 12.5. The van der Waals surface area contributed by atoms with E-state index in [-0.39, 0.29) is 11.6 Å². The number of fused-ring (bicyclic) bond motifs is 1. The fourth-order valence-electron chi connectivity index (χ4n) is 5.16. The molecule has 0 fully saturated rings. The molecule has 228 valence electrons. The molecule has 0 aliphatic carbocycles. The molecule has 0 bridgehead atoms. The Bertz CT molecular complexity index is 1680. The maximum atomic E-state index is 12.8. The van der Waals surface area contributed by atoms with E-state index < -0.39 is 15.9 Å². The SMILES string of the molecule is CCCCCN(C(=O)NC)c1ccc2nc(CCCC)n(Cc3ccc(-c4ccccc4C(=O)NS(C)(=O)=O)cc3)c2c1. The van der Waals surface area contributed by atoms with Crippen molar-refractivity contribution in [3.63, 3.8) is 0 Å². The molecule has 0 aliphatic heterocycles. The number of anilines is 1. The van der Waals surface area contributed by atoms with Crippen LogP contribution < -0.4 is 14.9 Å². The first kappa shape index (κ1) is 31.7. The second kappa shape index (κ2) is 14.3. The molecule has 10 heteroatoms. The first-order valence-electron chi connectivity index (χ1n) is 14.8. The molecule has 3 aromatic carbocycles. The second-order valence-electron chi connectivity index (χ2n) is 10.8. The van der Waals surface area contributed by atoms with E-state index in [2.05, 4.69) is 34.5 Å². The number of hydrogen-bond acceptors (Lipinski definition) is 5. The molecule has 0 saturated carbocycles. The summed E-state index contributed by atoms with van der Waals surface area (Å²) >= 11 is 0. The van der Waals surface area contributed by atoms with Crippen LogP contribution in [-0.2, 0) is 23.0 Å². The molecule has 4 aromatic rings. The topological polar surface area (TPSA) is 113 Å². The molecule has 2 N–H and O–H groups in total. The van der Waals surface area contributed by atoms with Crippen molar-refractivity contribution in [2.75, 3.05) is 24.7 Å². The average Bonchev–Trinajstić information content (AvgIpc) is 3.33. The van der Waals surface area contributed by atoms with Gasteiger partial charge in [-0.2, -0.15) is 0 Å². The lowest BCUT2D eigenvalue weighted by Crippen LogP contribution is -2.38. The van der Waals surface area contributed by atoms with Gasteiger partial charge in [0, 0.05) is 37.8 Å². The zero-order valence-electron chi connectivity index (χ0n) is 25.4. The van der Waals surface area contributed by atoms with Crippen LogP contribution in [0.2, 0.25) is 0 Å². The molecule has 0 atom stereocenters. The normalized spacial score (nSPS) is 11.4. The average molecular weight is 604 g/mol. The van der Waals surface area contributed by atoms with Gasteiger partial charge in [-0.3, -0.25) is 9.69 Å². The molecular formula is C33H41N5O4S. The van der Waals surface area contributed by atoms with Gasteiger partial charge in [0.25, 0.3) is 5.91 Å². The van der Waals surface area contributed by atoms with Crippen molar-refractivity contribution in [3.8, 4) is 11.1 Å². The number of aromatic nitrogens is 2. The zero-order chi connectivity index (χ0) is 31.0. The number of carbonyl (C=O) groups excluding carboxylic acids is 2. The van der Waals surface area contributed by atoms with Crippen molar-refractivity contribution in [2.45, 2.75) is 58.9 Å². The molecule has 4 rings (SSSR count). The summed E-state index contributed by atoms with van der Waals surface area (Å²) in [6, 6.07) is 20.8. The largest absolute Gasteiger partial charge is 0.341 e. The summed E-state index contributed by atoms with van der Waals surface area (Å²) in [7, 11) is -2.04. The summed E-state index contributed by atoms with van der Waals surface area (Å²) in [5, 5.41) is 2.78. The molecule has 0 saturated heterocycles. The Labute approximate surface area is 254 Å². The predicted molar refractivity (Wildman–Crippen MR) is 173 cm³/mol. The number of unbranched alkanes of at least 4 members (excludes halogenated alkanes) is 3. The Morgan fingerprint density at radius 1 is 0.930 bits per heavy atom. The van der Waals surface area contributed by atoms with E-state index in [0.29, 0.717) is 18.7 Å². The summed E-state index contributed by atoms with van der Waals surface area (Å²) < 4.78 is 27.6. The molecule has 0 spiro atoms. The van der Waals surface area contributed by atoms with Crippen molar-refractivity contribution < 1.29 is 18.0 Å². The highest BCUT2D eigenvalue weighted by Gasteiger charge is 2.19. The van der Waals surface area contributed by atoms with Gasteiger partial charge < -0.3 is 9.88 Å². The Morgan fingerprint density at radius 2 is 1.65 bits per heavy atom. The van der Waals surface area contributed by atoms with Gasteiger partial charge in [0.2, 0.25) is 10.0 Å². The first-order valence-corrected chi connectivity index (χ1v) is 16.7. The molecule has 0 aliphatic rings. The van der Waals surface area contributed by atoms with E-state index in [1.54, 1.807) is 30.1 Å². The van der Waals surface area contributed by atoms with Crippen LogP contribution in [0.4, 0.5) is 10.5 Å².